The predicted octanol–water partition coefficient (Wildman–Crippen LogP) is 12.5. The molecule has 0 spiro atoms. The van der Waals surface area contributed by atoms with Crippen LogP contribution in [0.3, 0.4) is 0 Å². The zero-order valence-corrected chi connectivity index (χ0v) is 60.7. The predicted molar refractivity (Wildman–Crippen MR) is 397 cm³/mol. The number of thioether (sulfide) groups is 1. The number of benzene rings is 5. The van der Waals surface area contributed by atoms with Crippen molar-refractivity contribution in [1.29, 1.82) is 0 Å². The Balaban J connectivity index is 0.647. The van der Waals surface area contributed by atoms with E-state index in [2.05, 4.69) is 133 Å². The lowest BCUT2D eigenvalue weighted by atomic mass is 9.71. The van der Waals surface area contributed by atoms with Gasteiger partial charge in [0.05, 0.1) is 41.4 Å². The molecule has 6 N–H and O–H groups in total. The molecule has 0 bridgehead atoms. The van der Waals surface area contributed by atoms with Gasteiger partial charge in [0.1, 0.15) is 12.1 Å². The number of morpholine rings is 1. The molecule has 1 unspecified atom stereocenters. The van der Waals surface area contributed by atoms with Crippen LogP contribution in [0, 0.1) is 24.7 Å². The molecule has 4 heterocycles. The molecule has 3 fully saturated rings. The summed E-state index contributed by atoms with van der Waals surface area (Å²) in [5.41, 5.74) is 12.9. The van der Waals surface area contributed by atoms with Crippen molar-refractivity contribution in [2.45, 2.75) is 154 Å². The maximum absolute atomic E-state index is 14.3. The van der Waals surface area contributed by atoms with Crippen LogP contribution in [0.15, 0.2) is 137 Å². The Morgan fingerprint density at radius 3 is 2.19 bits per heavy atom. The van der Waals surface area contributed by atoms with Crippen molar-refractivity contribution in [3.8, 4) is 10.4 Å². The Morgan fingerprint density at radius 1 is 0.806 bits per heavy atom. The average Bonchev–Trinajstić information content (AvgIpc) is 1.14. The van der Waals surface area contributed by atoms with Crippen molar-refractivity contribution in [1.82, 2.24) is 41.0 Å². The molecule has 0 saturated carbocycles. The summed E-state index contributed by atoms with van der Waals surface area (Å²) >= 11 is 9.85. The van der Waals surface area contributed by atoms with Crippen LogP contribution in [-0.4, -0.2) is 163 Å². The number of thiazole rings is 1. The Kier molecular flexibility index (Phi) is 26.1. The molecule has 10 rings (SSSR count). The van der Waals surface area contributed by atoms with Gasteiger partial charge in [0.25, 0.3) is 5.91 Å². The number of hydrogen-bond donors (Lipinski definition) is 6. The Labute approximate surface area is 593 Å². The van der Waals surface area contributed by atoms with Crippen molar-refractivity contribution >= 4 is 81.2 Å². The van der Waals surface area contributed by atoms with Crippen LogP contribution in [0.5, 0.6) is 0 Å². The maximum Gasteiger partial charge on any atom is 0.251 e. The monoisotopic (exact) mass is 1390 g/mol. The zero-order valence-electron chi connectivity index (χ0n) is 58.3. The van der Waals surface area contributed by atoms with Crippen LogP contribution in [0.1, 0.15) is 143 Å². The molecule has 20 heteroatoms. The zero-order chi connectivity index (χ0) is 69.3. The molecule has 524 valence electrons. The van der Waals surface area contributed by atoms with Gasteiger partial charge in [-0.25, -0.2) is 4.98 Å². The normalized spacial score (nSPS) is 19.6. The maximum atomic E-state index is 14.3. The minimum Gasteiger partial charge on any atom is -0.391 e. The van der Waals surface area contributed by atoms with Crippen molar-refractivity contribution in [2.24, 2.45) is 10.8 Å². The number of aromatic nitrogens is 1. The summed E-state index contributed by atoms with van der Waals surface area (Å²) in [6, 6.07) is 39.3. The van der Waals surface area contributed by atoms with Crippen molar-refractivity contribution in [3.05, 3.63) is 171 Å². The van der Waals surface area contributed by atoms with Gasteiger partial charge in [0.15, 0.2) is 0 Å². The first-order chi connectivity index (χ1) is 47.1. The Bertz CT molecular complexity index is 3670. The van der Waals surface area contributed by atoms with Gasteiger partial charge in [0, 0.05) is 130 Å². The lowest BCUT2D eigenvalue weighted by Gasteiger charge is -2.41. The van der Waals surface area contributed by atoms with Gasteiger partial charge in [-0.3, -0.25) is 33.8 Å². The van der Waals surface area contributed by atoms with Crippen LogP contribution in [0.4, 0.5) is 11.4 Å². The second-order valence-electron chi connectivity index (χ2n) is 28.6. The molecular formula is C78H101ClN10O7S2. The quantitative estimate of drug-likeness (QED) is 0.0192. The number of carbonyl (C=O) groups is 5. The van der Waals surface area contributed by atoms with Gasteiger partial charge in [-0.1, -0.05) is 118 Å². The molecule has 17 nitrogen and oxygen atoms in total. The molecule has 5 amide bonds. The SMILES string of the molecule is Cc1cc(CNC(=O)c2ccc(N3CCN(CC4=C(c5ccc(Cl)cc5)CCC(C)(CNC(=O)CCCCCC(=O)N[C@H](C(=O)N5C[C@H](O)C[C@H]5C(=O)N[C@@H](C)c5ccc(-c6scnc6C)cc5)C(C)(C)C)C4)CC3)cc2)ccc1N[C@H](CCN1CCOCC1)CSc1ccccc1. The van der Waals surface area contributed by atoms with E-state index in [-0.39, 0.29) is 60.5 Å². The molecular weight excluding hydrogens is 1290 g/mol. The second kappa shape index (κ2) is 34.8. The molecule has 98 heavy (non-hydrogen) atoms. The molecule has 0 radical (unpaired) electrons. The summed E-state index contributed by atoms with van der Waals surface area (Å²) in [5, 5.41) is 27.8. The standard InChI is InChI=1S/C78H101ClN10O7S2/c1-53-44-56(18-31-68(53)84-63(33-35-86-40-42-96-43-41-86)50-97-66-14-10-8-11-15-66)47-80-74(93)60-25-29-64(30-26-60)88-38-36-87(37-39-88)48-61-46-78(7,34-32-67(61)58-23-27-62(79)28-24-58)51-81-70(91)16-12-9-13-17-71(92)85-73(77(4,5)6)76(95)89-49-65(90)45-69(89)75(94)83-54(2)57-19-21-59(22-20-57)72-55(3)82-52-98-72/h8,10-11,14-15,18-31,44,52,54,63,65,69,73,84,90H,9,12-13,16-17,32-43,45-51H2,1-7H3,(H,80,93)(H,81,91)(H,83,94)(H,85,92)/t54-,63+,65+,69-,73+,78?/m0/s1. The third-order valence-corrected chi connectivity index (χ3v) is 22.2. The number of carbonyl (C=O) groups excluding carboxylic acids is 5. The minimum absolute atomic E-state index is 0.00733. The van der Waals surface area contributed by atoms with E-state index in [1.807, 2.05) is 100 Å². The van der Waals surface area contributed by atoms with Crippen LogP contribution in [-0.2, 0) is 30.5 Å². The number of unbranched alkanes of at least 4 members (excludes halogenated alkanes) is 2. The summed E-state index contributed by atoms with van der Waals surface area (Å²) in [6.07, 6.45) is 5.28. The van der Waals surface area contributed by atoms with E-state index in [4.69, 9.17) is 16.3 Å². The summed E-state index contributed by atoms with van der Waals surface area (Å²) in [7, 11) is 0. The number of allylic oxidation sites excluding steroid dienone is 1. The van der Waals surface area contributed by atoms with Crippen molar-refractivity contribution in [3.63, 3.8) is 0 Å². The van der Waals surface area contributed by atoms with Gasteiger partial charge >= 0.3 is 0 Å². The summed E-state index contributed by atoms with van der Waals surface area (Å²) in [5.74, 6) is -0.185. The number of aliphatic hydroxyl groups excluding tert-OH is 1. The van der Waals surface area contributed by atoms with Crippen LogP contribution >= 0.6 is 34.7 Å². The number of amides is 5. The number of aliphatic hydroxyl groups is 1. The highest BCUT2D eigenvalue weighted by atomic mass is 35.5. The number of piperazine rings is 1. The van der Waals surface area contributed by atoms with Crippen molar-refractivity contribution < 1.29 is 33.8 Å². The number of aryl methyl sites for hydroxylation is 2. The van der Waals surface area contributed by atoms with E-state index in [0.717, 1.165) is 141 Å². The van der Waals surface area contributed by atoms with Gasteiger partial charge in [-0.15, -0.1) is 23.1 Å². The van der Waals surface area contributed by atoms with E-state index in [0.29, 0.717) is 49.4 Å². The fourth-order valence-corrected chi connectivity index (χ4v) is 15.8. The molecule has 5 aromatic carbocycles. The van der Waals surface area contributed by atoms with Gasteiger partial charge < -0.3 is 46.2 Å². The van der Waals surface area contributed by atoms with E-state index in [1.165, 1.54) is 26.5 Å². The lowest BCUT2D eigenvalue weighted by molar-refractivity contribution is -0.144. The smallest absolute Gasteiger partial charge is 0.251 e. The molecule has 1 aromatic heterocycles. The van der Waals surface area contributed by atoms with Gasteiger partial charge in [-0.05, 0) is 158 Å². The number of likely N-dealkylation sites (tertiary alicyclic amines) is 1. The van der Waals surface area contributed by atoms with Gasteiger partial charge in [0.2, 0.25) is 23.6 Å². The number of ether oxygens (including phenoxy) is 1. The number of hydrogen-bond acceptors (Lipinski definition) is 14. The average molecular weight is 1390 g/mol. The number of rotatable bonds is 29. The summed E-state index contributed by atoms with van der Waals surface area (Å²) in [4.78, 5) is 84.2. The number of β-amino-alcohol motifs (C(OH)–C–C–N with tert-alkyl or cyclic N) is 1. The van der Waals surface area contributed by atoms with Gasteiger partial charge in [-0.2, -0.15) is 0 Å². The highest BCUT2D eigenvalue weighted by Gasteiger charge is 2.45. The molecule has 1 aliphatic carbocycles. The first-order valence-corrected chi connectivity index (χ1v) is 37.4. The largest absolute Gasteiger partial charge is 0.391 e. The highest BCUT2D eigenvalue weighted by molar-refractivity contribution is 7.99. The molecule has 4 aliphatic rings. The number of halogens is 1. The fraction of sp³-hybridized carbons (Fsp3) is 0.487. The molecule has 3 saturated heterocycles. The van der Waals surface area contributed by atoms with Crippen LogP contribution in [0.2, 0.25) is 5.02 Å². The van der Waals surface area contributed by atoms with E-state index < -0.39 is 29.5 Å². The van der Waals surface area contributed by atoms with E-state index in [1.54, 1.807) is 11.3 Å². The van der Waals surface area contributed by atoms with Crippen LogP contribution < -0.4 is 31.5 Å². The fourth-order valence-electron chi connectivity index (χ4n) is 13.8. The van der Waals surface area contributed by atoms with E-state index in [9.17, 15) is 29.1 Å². The number of nitrogens with one attached hydrogen (secondary N) is 5. The lowest BCUT2D eigenvalue weighted by Crippen LogP contribution is -2.57. The first-order valence-electron chi connectivity index (χ1n) is 35.2. The first kappa shape index (κ1) is 73.6. The molecule has 6 aromatic rings. The number of anilines is 2. The number of nitrogens with zero attached hydrogens (tertiary/aromatic N) is 5. The van der Waals surface area contributed by atoms with E-state index >= 15 is 0 Å². The third kappa shape index (κ3) is 20.8. The third-order valence-electron chi connectivity index (χ3n) is 19.8. The Hall–Kier alpha value is -7.10. The minimum atomic E-state index is -0.926. The van der Waals surface area contributed by atoms with Crippen molar-refractivity contribution in [2.75, 3.05) is 94.6 Å². The molecule has 3 aliphatic heterocycles. The Morgan fingerprint density at radius 2 is 1.51 bits per heavy atom. The van der Waals surface area contributed by atoms with Crippen LogP contribution in [0.25, 0.3) is 16.0 Å². The second-order valence-corrected chi connectivity index (χ2v) is 31.0. The molecule has 6 atom stereocenters. The topological polar surface area (TPSA) is 201 Å². The summed E-state index contributed by atoms with van der Waals surface area (Å²) in [6.45, 7) is 23.8. The highest BCUT2D eigenvalue weighted by Crippen LogP contribution is 2.43. The summed E-state index contributed by atoms with van der Waals surface area (Å²) < 4.78 is 5.59.